The maximum Gasteiger partial charge on any atom is 0.573 e. The van der Waals surface area contributed by atoms with Gasteiger partial charge in [-0.05, 0) is 37.1 Å². The lowest BCUT2D eigenvalue weighted by Gasteiger charge is -2.13. The molecule has 1 fully saturated rings. The van der Waals surface area contributed by atoms with Gasteiger partial charge in [-0.1, -0.05) is 12.8 Å². The summed E-state index contributed by atoms with van der Waals surface area (Å²) in [6.07, 6.45) is -1.26. The van der Waals surface area contributed by atoms with Crippen LogP contribution in [0.1, 0.15) is 25.7 Å². The van der Waals surface area contributed by atoms with Crippen molar-refractivity contribution in [3.05, 3.63) is 24.3 Å². The Morgan fingerprint density at radius 2 is 1.65 bits per heavy atom. The van der Waals surface area contributed by atoms with Crippen molar-refractivity contribution < 1.29 is 26.3 Å². The van der Waals surface area contributed by atoms with E-state index in [1.54, 1.807) is 0 Å². The van der Waals surface area contributed by atoms with Gasteiger partial charge in [0.2, 0.25) is 10.0 Å². The molecule has 0 amide bonds. The summed E-state index contributed by atoms with van der Waals surface area (Å²) < 4.78 is 66.2. The van der Waals surface area contributed by atoms with Crippen LogP contribution in [0, 0.1) is 0 Å². The van der Waals surface area contributed by atoms with Gasteiger partial charge in [-0.2, -0.15) is 0 Å². The molecule has 20 heavy (non-hydrogen) atoms. The summed E-state index contributed by atoms with van der Waals surface area (Å²) in [6, 6.07) is 4.07. The molecule has 0 atom stereocenters. The zero-order chi connectivity index (χ0) is 14.8. The molecule has 4 nitrogen and oxygen atoms in total. The largest absolute Gasteiger partial charge is 0.573 e. The highest BCUT2D eigenvalue weighted by molar-refractivity contribution is 7.89. The quantitative estimate of drug-likeness (QED) is 0.930. The van der Waals surface area contributed by atoms with Gasteiger partial charge in [0.25, 0.3) is 0 Å². The number of alkyl halides is 3. The molecule has 2 rings (SSSR count). The van der Waals surface area contributed by atoms with Crippen LogP contribution in [0.3, 0.4) is 0 Å². The lowest BCUT2D eigenvalue weighted by atomic mass is 10.3. The Bertz CT molecular complexity index is 548. The second-order valence-electron chi connectivity index (χ2n) is 4.62. The van der Waals surface area contributed by atoms with E-state index in [-0.39, 0.29) is 10.9 Å². The van der Waals surface area contributed by atoms with Crippen molar-refractivity contribution in [1.82, 2.24) is 4.72 Å². The molecule has 112 valence electrons. The first-order valence-corrected chi connectivity index (χ1v) is 7.63. The number of sulfonamides is 1. The molecule has 0 spiro atoms. The molecule has 1 saturated carbocycles. The third kappa shape index (κ3) is 4.11. The topological polar surface area (TPSA) is 55.4 Å². The molecule has 0 radical (unpaired) electrons. The number of nitrogens with one attached hydrogen (secondary N) is 1. The first-order valence-electron chi connectivity index (χ1n) is 6.14. The van der Waals surface area contributed by atoms with Crippen molar-refractivity contribution in [2.75, 3.05) is 0 Å². The highest BCUT2D eigenvalue weighted by Crippen LogP contribution is 2.25. The molecule has 0 heterocycles. The van der Waals surface area contributed by atoms with Crippen molar-refractivity contribution in [3.8, 4) is 5.75 Å². The lowest BCUT2D eigenvalue weighted by molar-refractivity contribution is -0.274. The van der Waals surface area contributed by atoms with E-state index in [1.807, 2.05) is 0 Å². The molecule has 0 bridgehead atoms. The Kier molecular flexibility index (Phi) is 4.24. The second kappa shape index (κ2) is 5.61. The molecule has 1 aliphatic rings. The van der Waals surface area contributed by atoms with Crippen molar-refractivity contribution in [2.45, 2.75) is 43.0 Å². The first-order chi connectivity index (χ1) is 9.26. The molecular formula is C12H14F3NO3S. The van der Waals surface area contributed by atoms with Gasteiger partial charge in [0.05, 0.1) is 4.90 Å². The maximum absolute atomic E-state index is 12.0. The van der Waals surface area contributed by atoms with Crippen LogP contribution in [0.25, 0.3) is 0 Å². The molecule has 0 saturated heterocycles. The van der Waals surface area contributed by atoms with Crippen molar-refractivity contribution in [3.63, 3.8) is 0 Å². The summed E-state index contributed by atoms with van der Waals surface area (Å²) in [5.41, 5.74) is 0. The SMILES string of the molecule is O=S(=O)(NC1CCCC1)c1ccc(OC(F)(F)F)cc1. The van der Waals surface area contributed by atoms with Gasteiger partial charge in [0, 0.05) is 6.04 Å². The Hall–Kier alpha value is -1.28. The predicted molar refractivity (Wildman–Crippen MR) is 65.7 cm³/mol. The molecule has 0 aromatic heterocycles. The Morgan fingerprint density at radius 3 is 2.15 bits per heavy atom. The van der Waals surface area contributed by atoms with Crippen LogP contribution in [0.5, 0.6) is 5.75 Å². The van der Waals surface area contributed by atoms with Crippen LogP contribution < -0.4 is 9.46 Å². The summed E-state index contributed by atoms with van der Waals surface area (Å²) in [4.78, 5) is -0.0704. The second-order valence-corrected chi connectivity index (χ2v) is 6.34. The Labute approximate surface area is 115 Å². The molecule has 1 aliphatic carbocycles. The fourth-order valence-electron chi connectivity index (χ4n) is 2.15. The minimum atomic E-state index is -4.79. The van der Waals surface area contributed by atoms with Crippen LogP contribution in [0.15, 0.2) is 29.2 Å². The van der Waals surface area contributed by atoms with E-state index in [0.717, 1.165) is 49.9 Å². The smallest absolute Gasteiger partial charge is 0.406 e. The van der Waals surface area contributed by atoms with Gasteiger partial charge >= 0.3 is 6.36 Å². The van der Waals surface area contributed by atoms with Gasteiger partial charge in [-0.3, -0.25) is 0 Å². The molecule has 1 aromatic carbocycles. The molecule has 8 heteroatoms. The maximum atomic E-state index is 12.0. The number of hydrogen-bond donors (Lipinski definition) is 1. The monoisotopic (exact) mass is 309 g/mol. The van der Waals surface area contributed by atoms with E-state index in [0.29, 0.717) is 0 Å². The zero-order valence-electron chi connectivity index (χ0n) is 10.5. The fraction of sp³-hybridized carbons (Fsp3) is 0.500. The van der Waals surface area contributed by atoms with E-state index in [1.165, 1.54) is 0 Å². The fourth-order valence-corrected chi connectivity index (χ4v) is 3.46. The summed E-state index contributed by atoms with van der Waals surface area (Å²) in [7, 11) is -3.69. The number of ether oxygens (including phenoxy) is 1. The van der Waals surface area contributed by atoms with Gasteiger partial charge in [-0.25, -0.2) is 13.1 Å². The minimum Gasteiger partial charge on any atom is -0.406 e. The predicted octanol–water partition coefficient (Wildman–Crippen LogP) is 2.81. The third-order valence-corrected chi connectivity index (χ3v) is 4.58. The molecule has 0 unspecified atom stereocenters. The standard InChI is InChI=1S/C12H14F3NO3S/c13-12(14,15)19-10-5-7-11(8-6-10)20(17,18)16-9-3-1-2-4-9/h5-9,16H,1-4H2. The molecule has 1 N–H and O–H groups in total. The summed E-state index contributed by atoms with van der Waals surface area (Å²) in [6.45, 7) is 0. The number of rotatable bonds is 4. The summed E-state index contributed by atoms with van der Waals surface area (Å²) in [5.74, 6) is -0.447. The zero-order valence-corrected chi connectivity index (χ0v) is 11.3. The molecule has 1 aromatic rings. The van der Waals surface area contributed by atoms with Crippen LogP contribution >= 0.6 is 0 Å². The summed E-state index contributed by atoms with van der Waals surface area (Å²) in [5, 5.41) is 0. The van der Waals surface area contributed by atoms with Crippen molar-refractivity contribution in [1.29, 1.82) is 0 Å². The molecular weight excluding hydrogens is 295 g/mol. The van der Waals surface area contributed by atoms with Gasteiger partial charge in [0.1, 0.15) is 5.75 Å². The van der Waals surface area contributed by atoms with Gasteiger partial charge < -0.3 is 4.74 Å². The van der Waals surface area contributed by atoms with E-state index >= 15 is 0 Å². The van der Waals surface area contributed by atoms with Crippen LogP contribution in [0.2, 0.25) is 0 Å². The minimum absolute atomic E-state index is 0.0704. The van der Waals surface area contributed by atoms with Crippen molar-refractivity contribution in [2.24, 2.45) is 0 Å². The van der Waals surface area contributed by atoms with Crippen LogP contribution in [-0.2, 0) is 10.0 Å². The molecule has 0 aliphatic heterocycles. The van der Waals surface area contributed by atoms with Gasteiger partial charge in [-0.15, -0.1) is 13.2 Å². The normalized spacial score (nSPS) is 17.4. The Morgan fingerprint density at radius 1 is 1.10 bits per heavy atom. The van der Waals surface area contributed by atoms with Crippen LogP contribution in [-0.4, -0.2) is 20.8 Å². The highest BCUT2D eigenvalue weighted by atomic mass is 32.2. The average molecular weight is 309 g/mol. The average Bonchev–Trinajstić information content (AvgIpc) is 2.79. The van der Waals surface area contributed by atoms with Crippen LogP contribution in [0.4, 0.5) is 13.2 Å². The third-order valence-electron chi connectivity index (χ3n) is 3.04. The first kappa shape index (κ1) is 15.1. The summed E-state index contributed by atoms with van der Waals surface area (Å²) >= 11 is 0. The highest BCUT2D eigenvalue weighted by Gasteiger charge is 2.31. The van der Waals surface area contributed by atoms with E-state index in [9.17, 15) is 21.6 Å². The van der Waals surface area contributed by atoms with Crippen molar-refractivity contribution >= 4 is 10.0 Å². The van der Waals surface area contributed by atoms with E-state index in [2.05, 4.69) is 9.46 Å². The lowest BCUT2D eigenvalue weighted by Crippen LogP contribution is -2.32. The Balaban J connectivity index is 2.08. The van der Waals surface area contributed by atoms with Gasteiger partial charge in [0.15, 0.2) is 0 Å². The van der Waals surface area contributed by atoms with E-state index in [4.69, 9.17) is 0 Å². The van der Waals surface area contributed by atoms with E-state index < -0.39 is 22.1 Å². The number of halogens is 3. The number of benzene rings is 1. The number of hydrogen-bond acceptors (Lipinski definition) is 3.